The number of carbonyl (C=O) groups is 3. The van der Waals surface area contributed by atoms with Crippen molar-refractivity contribution in [2.24, 2.45) is 0 Å². The Balaban J connectivity index is 1.81. The zero-order valence-corrected chi connectivity index (χ0v) is 10.4. The normalized spacial score (nSPS) is 15.0. The fraction of sp³-hybridized carbons (Fsp3) is 0.250. The molecule has 0 aromatic heterocycles. The molecule has 0 unspecified atom stereocenters. The average molecular weight is 264 g/mol. The van der Waals surface area contributed by atoms with Gasteiger partial charge < -0.3 is 5.32 Å². The highest BCUT2D eigenvalue weighted by molar-refractivity contribution is 8.14. The minimum absolute atomic E-state index is 0.195. The average Bonchev–Trinajstić information content (AvgIpc) is 2.71. The Labute approximate surface area is 109 Å². The summed E-state index contributed by atoms with van der Waals surface area (Å²) in [6, 6.07) is 8.79. The summed E-state index contributed by atoms with van der Waals surface area (Å²) in [7, 11) is 0. The number of rotatable bonds is 4. The predicted octanol–water partition coefficient (Wildman–Crippen LogP) is 1.11. The number of carbonyl (C=O) groups excluding carboxylic acids is 3. The summed E-state index contributed by atoms with van der Waals surface area (Å²) in [6.07, 6.45) is 0. The topological polar surface area (TPSA) is 66.5 Å². The number of imide groups is 1. The van der Waals surface area contributed by atoms with Crippen molar-refractivity contribution in [1.82, 2.24) is 10.2 Å². The molecule has 94 valence electrons. The van der Waals surface area contributed by atoms with E-state index in [1.54, 1.807) is 24.3 Å². The molecular formula is C12H12N2O3S. The maximum absolute atomic E-state index is 11.7. The molecule has 1 saturated heterocycles. The lowest BCUT2D eigenvalue weighted by Crippen LogP contribution is -2.37. The van der Waals surface area contributed by atoms with Crippen molar-refractivity contribution in [3.05, 3.63) is 35.9 Å². The number of benzene rings is 1. The van der Waals surface area contributed by atoms with Crippen molar-refractivity contribution >= 4 is 28.8 Å². The van der Waals surface area contributed by atoms with Gasteiger partial charge in [0.25, 0.3) is 11.1 Å². The fourth-order valence-electron chi connectivity index (χ4n) is 1.57. The Morgan fingerprint density at radius 3 is 2.61 bits per heavy atom. The van der Waals surface area contributed by atoms with Gasteiger partial charge in [-0.3, -0.25) is 19.3 Å². The summed E-state index contributed by atoms with van der Waals surface area (Å²) in [5.41, 5.74) is 0.561. The number of nitrogens with zero attached hydrogens (tertiary/aromatic N) is 1. The molecule has 0 radical (unpaired) electrons. The van der Waals surface area contributed by atoms with Crippen LogP contribution in [-0.4, -0.2) is 40.8 Å². The van der Waals surface area contributed by atoms with E-state index in [0.717, 1.165) is 16.7 Å². The van der Waals surface area contributed by atoms with Crippen LogP contribution < -0.4 is 5.32 Å². The Morgan fingerprint density at radius 2 is 2.00 bits per heavy atom. The Bertz CT molecular complexity index is 459. The molecule has 2 rings (SSSR count). The Morgan fingerprint density at radius 1 is 1.28 bits per heavy atom. The third-order valence-electron chi connectivity index (χ3n) is 2.50. The van der Waals surface area contributed by atoms with Gasteiger partial charge >= 0.3 is 0 Å². The molecule has 0 bridgehead atoms. The maximum Gasteiger partial charge on any atom is 0.288 e. The van der Waals surface area contributed by atoms with Crippen LogP contribution in [0.2, 0.25) is 0 Å². The quantitative estimate of drug-likeness (QED) is 0.884. The summed E-state index contributed by atoms with van der Waals surface area (Å²) in [4.78, 5) is 35.4. The van der Waals surface area contributed by atoms with Gasteiger partial charge in [0.15, 0.2) is 0 Å². The van der Waals surface area contributed by atoms with Crippen molar-refractivity contribution < 1.29 is 14.4 Å². The van der Waals surface area contributed by atoms with Crippen molar-refractivity contribution in [2.75, 3.05) is 18.8 Å². The molecule has 1 aromatic carbocycles. The second kappa shape index (κ2) is 5.68. The predicted molar refractivity (Wildman–Crippen MR) is 68.3 cm³/mol. The van der Waals surface area contributed by atoms with E-state index in [4.69, 9.17) is 0 Å². The third-order valence-corrected chi connectivity index (χ3v) is 3.36. The van der Waals surface area contributed by atoms with Gasteiger partial charge in [0.1, 0.15) is 0 Å². The monoisotopic (exact) mass is 264 g/mol. The van der Waals surface area contributed by atoms with Crippen LogP contribution in [0.25, 0.3) is 0 Å². The van der Waals surface area contributed by atoms with E-state index in [9.17, 15) is 14.4 Å². The van der Waals surface area contributed by atoms with Gasteiger partial charge in [-0.2, -0.15) is 0 Å². The summed E-state index contributed by atoms with van der Waals surface area (Å²) < 4.78 is 0. The molecule has 1 fully saturated rings. The molecule has 1 aliphatic heterocycles. The minimum atomic E-state index is -0.242. The van der Waals surface area contributed by atoms with Gasteiger partial charge in [0, 0.05) is 18.7 Å². The summed E-state index contributed by atoms with van der Waals surface area (Å²) in [6.45, 7) is 0.495. The SMILES string of the molecule is O=C(NCCN1C(=O)CSC1=O)c1ccccc1. The van der Waals surface area contributed by atoms with Gasteiger partial charge in [0.2, 0.25) is 5.91 Å². The second-order valence-electron chi connectivity index (χ2n) is 3.72. The van der Waals surface area contributed by atoms with Gasteiger partial charge in [-0.05, 0) is 12.1 Å². The largest absolute Gasteiger partial charge is 0.350 e. The van der Waals surface area contributed by atoms with E-state index in [0.29, 0.717) is 5.56 Å². The highest BCUT2D eigenvalue weighted by atomic mass is 32.2. The first kappa shape index (κ1) is 12.6. The molecule has 18 heavy (non-hydrogen) atoms. The van der Waals surface area contributed by atoms with Gasteiger partial charge in [-0.15, -0.1) is 0 Å². The van der Waals surface area contributed by atoms with Crippen LogP contribution in [-0.2, 0) is 4.79 Å². The van der Waals surface area contributed by atoms with Crippen molar-refractivity contribution in [2.45, 2.75) is 0 Å². The molecule has 1 aromatic rings. The Kier molecular flexibility index (Phi) is 3.99. The molecule has 1 aliphatic rings. The first-order valence-electron chi connectivity index (χ1n) is 5.49. The molecule has 3 amide bonds. The summed E-state index contributed by atoms with van der Waals surface area (Å²) >= 11 is 0.993. The minimum Gasteiger partial charge on any atom is -0.350 e. The molecule has 5 nitrogen and oxygen atoms in total. The number of hydrogen-bond acceptors (Lipinski definition) is 4. The van der Waals surface area contributed by atoms with Gasteiger partial charge in [-0.25, -0.2) is 0 Å². The molecule has 6 heteroatoms. The van der Waals surface area contributed by atoms with E-state index in [1.807, 2.05) is 6.07 Å². The second-order valence-corrected chi connectivity index (χ2v) is 4.65. The smallest absolute Gasteiger partial charge is 0.288 e. The number of amides is 3. The lowest BCUT2D eigenvalue weighted by molar-refractivity contribution is -0.124. The zero-order chi connectivity index (χ0) is 13.0. The Hall–Kier alpha value is -1.82. The van der Waals surface area contributed by atoms with Crippen molar-refractivity contribution in [1.29, 1.82) is 0 Å². The first-order chi connectivity index (χ1) is 8.68. The first-order valence-corrected chi connectivity index (χ1v) is 6.47. The number of hydrogen-bond donors (Lipinski definition) is 1. The zero-order valence-electron chi connectivity index (χ0n) is 9.59. The van der Waals surface area contributed by atoms with Crippen molar-refractivity contribution in [3.63, 3.8) is 0 Å². The standard InChI is InChI=1S/C12H12N2O3S/c15-10-8-18-12(17)14(10)7-6-13-11(16)9-4-2-1-3-5-9/h1-5H,6-8H2,(H,13,16). The maximum atomic E-state index is 11.7. The highest BCUT2D eigenvalue weighted by Gasteiger charge is 2.29. The summed E-state index contributed by atoms with van der Waals surface area (Å²) in [5.74, 6) is -0.202. The number of thioether (sulfide) groups is 1. The molecule has 1 heterocycles. The van der Waals surface area contributed by atoms with Crippen molar-refractivity contribution in [3.8, 4) is 0 Å². The molecule has 0 spiro atoms. The molecule has 0 aliphatic carbocycles. The lowest BCUT2D eigenvalue weighted by atomic mass is 10.2. The molecule has 0 atom stereocenters. The lowest BCUT2D eigenvalue weighted by Gasteiger charge is -2.13. The van der Waals surface area contributed by atoms with Crippen LogP contribution in [0.4, 0.5) is 4.79 Å². The van der Waals surface area contributed by atoms with Gasteiger partial charge in [0.05, 0.1) is 5.75 Å². The molecule has 1 N–H and O–H groups in total. The van der Waals surface area contributed by atoms with E-state index in [1.165, 1.54) is 0 Å². The summed E-state index contributed by atoms with van der Waals surface area (Å²) in [5, 5.41) is 2.43. The van der Waals surface area contributed by atoms with E-state index in [2.05, 4.69) is 5.32 Å². The van der Waals surface area contributed by atoms with Crippen LogP contribution in [0.5, 0.6) is 0 Å². The highest BCUT2D eigenvalue weighted by Crippen LogP contribution is 2.17. The van der Waals surface area contributed by atoms with E-state index in [-0.39, 0.29) is 35.9 Å². The fourth-order valence-corrected chi connectivity index (χ4v) is 2.32. The van der Waals surface area contributed by atoms with Crippen LogP contribution in [0.1, 0.15) is 10.4 Å². The number of nitrogens with one attached hydrogen (secondary N) is 1. The van der Waals surface area contributed by atoms with E-state index >= 15 is 0 Å². The van der Waals surface area contributed by atoms with Crippen LogP contribution in [0, 0.1) is 0 Å². The van der Waals surface area contributed by atoms with Crippen LogP contribution in [0.15, 0.2) is 30.3 Å². The third kappa shape index (κ3) is 2.89. The van der Waals surface area contributed by atoms with Crippen LogP contribution >= 0.6 is 11.8 Å². The van der Waals surface area contributed by atoms with Gasteiger partial charge in [-0.1, -0.05) is 30.0 Å². The van der Waals surface area contributed by atoms with Crippen LogP contribution in [0.3, 0.4) is 0 Å². The molecule has 0 saturated carbocycles. The molecular weight excluding hydrogens is 252 g/mol. The van der Waals surface area contributed by atoms with E-state index < -0.39 is 0 Å².